The van der Waals surface area contributed by atoms with E-state index in [0.29, 0.717) is 25.8 Å². The number of carbonyl (C=O) groups is 3. The van der Waals surface area contributed by atoms with Gasteiger partial charge in [-0.2, -0.15) is 0 Å². The Morgan fingerprint density at radius 1 is 1.12 bits per heavy atom. The van der Waals surface area contributed by atoms with Crippen LogP contribution in [-0.2, 0) is 14.4 Å². The molecular weight excluding hydrogens is 221 g/mol. The molecule has 0 spiro atoms. The Morgan fingerprint density at radius 2 is 1.69 bits per heavy atom. The van der Waals surface area contributed by atoms with Gasteiger partial charge in [-0.15, -0.1) is 0 Å². The smallest absolute Gasteiger partial charge is 0.303 e. The van der Waals surface area contributed by atoms with Crippen molar-refractivity contribution in [3.63, 3.8) is 0 Å². The third-order valence-corrected chi connectivity index (χ3v) is 2.17. The van der Waals surface area contributed by atoms with Crippen LogP contribution < -0.4 is 0 Å². The van der Waals surface area contributed by atoms with Crippen LogP contribution >= 0.6 is 0 Å². The van der Waals surface area contributed by atoms with Crippen LogP contribution in [0.15, 0.2) is 12.2 Å². The van der Waals surface area contributed by atoms with Crippen molar-refractivity contribution >= 4 is 47.3 Å². The average molecular weight is 234 g/mol. The number of nitrogens with zero attached hydrogens (tertiary/aromatic N) is 1. The molecule has 0 aromatic carbocycles. The summed E-state index contributed by atoms with van der Waals surface area (Å²) in [4.78, 5) is 33.5. The molecule has 1 rings (SSSR count). The molecule has 83 valence electrons. The third kappa shape index (κ3) is 4.92. The Bertz CT molecular complexity index is 296. The largest absolute Gasteiger partial charge is 0.481 e. The molecule has 1 aliphatic rings. The van der Waals surface area contributed by atoms with Crippen molar-refractivity contribution in [2.75, 3.05) is 6.54 Å². The van der Waals surface area contributed by atoms with E-state index in [1.165, 1.54) is 17.1 Å². The van der Waals surface area contributed by atoms with Crippen molar-refractivity contribution in [3.05, 3.63) is 12.2 Å². The van der Waals surface area contributed by atoms with Crippen LogP contribution in [0.5, 0.6) is 0 Å². The van der Waals surface area contributed by atoms with E-state index in [1.54, 1.807) is 0 Å². The Morgan fingerprint density at radius 3 is 2.19 bits per heavy atom. The van der Waals surface area contributed by atoms with E-state index in [2.05, 4.69) is 0 Å². The average Bonchev–Trinajstić information content (AvgIpc) is 2.47. The van der Waals surface area contributed by atoms with Crippen LogP contribution in [0, 0.1) is 0 Å². The summed E-state index contributed by atoms with van der Waals surface area (Å²) in [7, 11) is 0. The number of aliphatic carboxylic acids is 1. The molecule has 6 heteroatoms. The maximum absolute atomic E-state index is 11.1. The molecule has 0 saturated carbocycles. The first kappa shape index (κ1) is 15.3. The fourth-order valence-electron chi connectivity index (χ4n) is 1.37. The molecule has 0 atom stereocenters. The van der Waals surface area contributed by atoms with E-state index in [4.69, 9.17) is 5.11 Å². The number of amides is 2. The Balaban J connectivity index is 0.00000225. The molecule has 1 N–H and O–H groups in total. The van der Waals surface area contributed by atoms with Crippen molar-refractivity contribution < 1.29 is 19.5 Å². The summed E-state index contributed by atoms with van der Waals surface area (Å²) >= 11 is 0. The normalized spacial score (nSPS) is 14.1. The third-order valence-electron chi connectivity index (χ3n) is 2.17. The van der Waals surface area contributed by atoms with E-state index in [1.807, 2.05) is 0 Å². The Hall–Kier alpha value is -0.650. The van der Waals surface area contributed by atoms with Gasteiger partial charge in [0.15, 0.2) is 0 Å². The number of carboxylic acid groups (broad SMARTS) is 1. The first-order chi connectivity index (χ1) is 7.11. The summed E-state index contributed by atoms with van der Waals surface area (Å²) in [6.07, 6.45) is 4.59. The minimum absolute atomic E-state index is 0. The molecule has 0 aromatic heterocycles. The number of hydrogen-bond donors (Lipinski definition) is 1. The van der Waals surface area contributed by atoms with Gasteiger partial charge in [-0.3, -0.25) is 19.3 Å². The van der Waals surface area contributed by atoms with Gasteiger partial charge in [-0.25, -0.2) is 0 Å². The van der Waals surface area contributed by atoms with Gasteiger partial charge >= 0.3 is 5.97 Å². The fraction of sp³-hybridized carbons (Fsp3) is 0.500. The summed E-state index contributed by atoms with van der Waals surface area (Å²) in [6, 6.07) is 0. The fourth-order valence-corrected chi connectivity index (χ4v) is 1.37. The first-order valence-electron chi connectivity index (χ1n) is 4.86. The summed E-state index contributed by atoms with van der Waals surface area (Å²) in [6.45, 7) is 0.379. The van der Waals surface area contributed by atoms with E-state index in [9.17, 15) is 14.4 Å². The standard InChI is InChI=1S/C10H13NO4.Na/c12-8-5-6-9(13)11(8)7-3-1-2-4-10(14)15;/h5-6H,1-4,7H2,(H,14,15);. The molecule has 0 saturated heterocycles. The quantitative estimate of drug-likeness (QED) is 0.404. The van der Waals surface area contributed by atoms with Crippen LogP contribution in [0.4, 0.5) is 0 Å². The minimum Gasteiger partial charge on any atom is -0.481 e. The van der Waals surface area contributed by atoms with Gasteiger partial charge in [0.2, 0.25) is 0 Å². The monoisotopic (exact) mass is 234 g/mol. The van der Waals surface area contributed by atoms with Gasteiger partial charge in [-0.1, -0.05) is 6.42 Å². The predicted octanol–water partition coefficient (Wildman–Crippen LogP) is 0.176. The van der Waals surface area contributed by atoms with Crippen molar-refractivity contribution in [3.8, 4) is 0 Å². The molecule has 1 radical (unpaired) electrons. The van der Waals surface area contributed by atoms with Crippen LogP contribution in [-0.4, -0.2) is 63.9 Å². The minimum atomic E-state index is -0.815. The molecule has 1 heterocycles. The zero-order valence-electron chi connectivity index (χ0n) is 9.31. The van der Waals surface area contributed by atoms with Crippen molar-refractivity contribution in [2.24, 2.45) is 0 Å². The molecule has 5 nitrogen and oxygen atoms in total. The van der Waals surface area contributed by atoms with Gasteiger partial charge in [0, 0.05) is 54.7 Å². The van der Waals surface area contributed by atoms with E-state index in [-0.39, 0.29) is 47.8 Å². The van der Waals surface area contributed by atoms with Crippen LogP contribution in [0.2, 0.25) is 0 Å². The van der Waals surface area contributed by atoms with Gasteiger partial charge in [0.25, 0.3) is 11.8 Å². The van der Waals surface area contributed by atoms with Crippen molar-refractivity contribution in [2.45, 2.75) is 25.7 Å². The molecule has 0 fully saturated rings. The molecular formula is C10H13NNaO4. The summed E-state index contributed by atoms with van der Waals surface area (Å²) < 4.78 is 0. The van der Waals surface area contributed by atoms with Gasteiger partial charge in [-0.05, 0) is 12.8 Å². The van der Waals surface area contributed by atoms with Gasteiger partial charge in [0.05, 0.1) is 0 Å². The molecule has 0 bridgehead atoms. The number of hydrogen-bond acceptors (Lipinski definition) is 3. The summed E-state index contributed by atoms with van der Waals surface area (Å²) in [5.41, 5.74) is 0. The number of carboxylic acids is 1. The number of imide groups is 1. The van der Waals surface area contributed by atoms with E-state index in [0.717, 1.165) is 0 Å². The maximum atomic E-state index is 11.1. The zero-order chi connectivity index (χ0) is 11.3. The summed E-state index contributed by atoms with van der Waals surface area (Å²) in [5.74, 6) is -1.37. The van der Waals surface area contributed by atoms with Crippen LogP contribution in [0.1, 0.15) is 25.7 Å². The van der Waals surface area contributed by atoms with Crippen molar-refractivity contribution in [1.82, 2.24) is 4.90 Å². The number of carbonyl (C=O) groups excluding carboxylic acids is 2. The van der Waals surface area contributed by atoms with Gasteiger partial charge < -0.3 is 5.11 Å². The van der Waals surface area contributed by atoms with Gasteiger partial charge in [0.1, 0.15) is 0 Å². The van der Waals surface area contributed by atoms with Crippen LogP contribution in [0.25, 0.3) is 0 Å². The molecule has 16 heavy (non-hydrogen) atoms. The van der Waals surface area contributed by atoms with E-state index >= 15 is 0 Å². The summed E-state index contributed by atoms with van der Waals surface area (Å²) in [5, 5.41) is 8.38. The molecule has 2 amide bonds. The molecule has 0 aliphatic carbocycles. The topological polar surface area (TPSA) is 74.7 Å². The molecule has 0 unspecified atom stereocenters. The Kier molecular flexibility index (Phi) is 7.29. The second kappa shape index (κ2) is 7.60. The second-order valence-electron chi connectivity index (χ2n) is 3.37. The first-order valence-corrected chi connectivity index (χ1v) is 4.86. The van der Waals surface area contributed by atoms with Crippen LogP contribution in [0.3, 0.4) is 0 Å². The number of unbranched alkanes of at least 4 members (excludes halogenated alkanes) is 2. The zero-order valence-corrected chi connectivity index (χ0v) is 11.3. The van der Waals surface area contributed by atoms with E-state index < -0.39 is 5.97 Å². The Labute approximate surface area is 116 Å². The number of rotatable bonds is 6. The molecule has 0 aromatic rings. The maximum Gasteiger partial charge on any atom is 0.303 e. The SMILES string of the molecule is O=C(O)CCCCCN1C(=O)C=CC1=O.[Na]. The molecule has 1 aliphatic heterocycles. The predicted molar refractivity (Wildman–Crippen MR) is 57.7 cm³/mol. The second-order valence-corrected chi connectivity index (χ2v) is 3.37. The van der Waals surface area contributed by atoms with Crippen molar-refractivity contribution in [1.29, 1.82) is 0 Å².